The molecule has 0 N–H and O–H groups in total. The van der Waals surface area contributed by atoms with Gasteiger partial charge in [0, 0.05) is 25.2 Å². The van der Waals surface area contributed by atoms with Gasteiger partial charge in [-0.3, -0.25) is 9.59 Å². The van der Waals surface area contributed by atoms with Crippen LogP contribution < -0.4 is 14.4 Å². The predicted molar refractivity (Wildman–Crippen MR) is 128 cm³/mol. The van der Waals surface area contributed by atoms with Gasteiger partial charge in [0.05, 0.1) is 25.0 Å². The van der Waals surface area contributed by atoms with Crippen molar-refractivity contribution in [3.05, 3.63) is 95.7 Å². The molecule has 33 heavy (non-hydrogen) atoms. The van der Waals surface area contributed by atoms with Crippen LogP contribution in [0.3, 0.4) is 0 Å². The zero-order chi connectivity index (χ0) is 23.4. The molecule has 1 heterocycles. The Hall–Kier alpha value is -4.06. The molecule has 168 valence electrons. The number of likely N-dealkylation sites (N-methyl/N-ethyl adjacent to an activating group) is 1. The minimum absolute atomic E-state index is 0.317. The third-order valence-corrected chi connectivity index (χ3v) is 5.47. The van der Waals surface area contributed by atoms with Crippen molar-refractivity contribution in [3.8, 4) is 11.5 Å². The number of imide groups is 1. The van der Waals surface area contributed by atoms with E-state index < -0.39 is 5.91 Å². The molecule has 0 spiro atoms. The molecule has 3 aromatic carbocycles. The number of benzene rings is 3. The van der Waals surface area contributed by atoms with Gasteiger partial charge in [-0.05, 0) is 30.7 Å². The quantitative estimate of drug-likeness (QED) is 0.481. The first kappa shape index (κ1) is 22.1. The maximum atomic E-state index is 13.7. The average Bonchev–Trinajstić information content (AvgIpc) is 3.10. The Bertz CT molecular complexity index is 1200. The van der Waals surface area contributed by atoms with Crippen LogP contribution in [0.2, 0.25) is 0 Å². The summed E-state index contributed by atoms with van der Waals surface area (Å²) in [4.78, 5) is 30.5. The molecule has 0 unspecified atom stereocenters. The topological polar surface area (TPSA) is 59.1 Å². The van der Waals surface area contributed by atoms with Gasteiger partial charge in [-0.2, -0.15) is 0 Å². The number of methoxy groups -OCH3 is 1. The first-order chi connectivity index (χ1) is 16.0. The van der Waals surface area contributed by atoms with Crippen LogP contribution in [0.15, 0.2) is 84.6 Å². The van der Waals surface area contributed by atoms with Crippen molar-refractivity contribution in [2.24, 2.45) is 0 Å². The first-order valence-corrected chi connectivity index (χ1v) is 10.8. The number of carbonyl (C=O) groups is 2. The zero-order valence-electron chi connectivity index (χ0n) is 18.9. The van der Waals surface area contributed by atoms with Crippen LogP contribution in [0, 0.1) is 0 Å². The lowest BCUT2D eigenvalue weighted by Crippen LogP contribution is -2.34. The molecule has 3 aromatic rings. The molecule has 1 aliphatic rings. The molecule has 1 aliphatic heterocycles. The number of ether oxygens (including phenoxy) is 2. The summed E-state index contributed by atoms with van der Waals surface area (Å²) in [7, 11) is 3.38. The molecule has 0 aromatic heterocycles. The number of anilines is 1. The zero-order valence-corrected chi connectivity index (χ0v) is 18.9. The number of hydrogen-bond acceptors (Lipinski definition) is 5. The van der Waals surface area contributed by atoms with Crippen LogP contribution in [0.25, 0.3) is 5.57 Å². The lowest BCUT2D eigenvalue weighted by Gasteiger charge is -2.22. The van der Waals surface area contributed by atoms with Crippen molar-refractivity contribution in [2.75, 3.05) is 25.7 Å². The highest BCUT2D eigenvalue weighted by Crippen LogP contribution is 2.38. The minimum atomic E-state index is -0.395. The molecule has 4 rings (SSSR count). The van der Waals surface area contributed by atoms with Crippen molar-refractivity contribution in [3.63, 3.8) is 0 Å². The van der Waals surface area contributed by atoms with E-state index in [1.54, 1.807) is 43.5 Å². The van der Waals surface area contributed by atoms with E-state index in [4.69, 9.17) is 9.47 Å². The molecule has 0 bridgehead atoms. The molecule has 2 amide bonds. The highest BCUT2D eigenvalue weighted by molar-refractivity contribution is 6.45. The number of carbonyl (C=O) groups excluding carboxylic acids is 2. The Balaban J connectivity index is 1.82. The van der Waals surface area contributed by atoms with Crippen molar-refractivity contribution in [2.45, 2.75) is 13.5 Å². The van der Waals surface area contributed by atoms with Crippen LogP contribution in [0.1, 0.15) is 18.1 Å². The largest absolute Gasteiger partial charge is 0.496 e. The van der Waals surface area contributed by atoms with Gasteiger partial charge < -0.3 is 14.4 Å². The number of rotatable bonds is 8. The molecule has 0 saturated heterocycles. The van der Waals surface area contributed by atoms with E-state index in [2.05, 4.69) is 0 Å². The lowest BCUT2D eigenvalue weighted by atomic mass is 10.0. The Morgan fingerprint density at radius 2 is 1.61 bits per heavy atom. The van der Waals surface area contributed by atoms with Crippen LogP contribution in [0.4, 0.5) is 5.69 Å². The van der Waals surface area contributed by atoms with E-state index in [1.165, 1.54) is 4.90 Å². The van der Waals surface area contributed by atoms with Gasteiger partial charge in [0.15, 0.2) is 0 Å². The molecule has 0 radical (unpaired) electrons. The van der Waals surface area contributed by atoms with E-state index in [0.29, 0.717) is 47.2 Å². The molecule has 6 heteroatoms. The standard InChI is InChI=1S/C27H26N2O4/c1-4-33-21-14-10-13-20(17-21)29-26(30)24(22-15-8-9-16-23(22)32-3)25(27(29)31)28(2)18-19-11-6-5-7-12-19/h5-17H,4,18H2,1-3H3. The van der Waals surface area contributed by atoms with Gasteiger partial charge >= 0.3 is 0 Å². The van der Waals surface area contributed by atoms with Gasteiger partial charge in [-0.1, -0.05) is 54.6 Å². The summed E-state index contributed by atoms with van der Waals surface area (Å²) in [5.74, 6) is 0.353. The van der Waals surface area contributed by atoms with Crippen molar-refractivity contribution >= 4 is 23.1 Å². The monoisotopic (exact) mass is 442 g/mol. The highest BCUT2D eigenvalue weighted by Gasteiger charge is 2.42. The molecular formula is C27H26N2O4. The maximum absolute atomic E-state index is 13.7. The van der Waals surface area contributed by atoms with Gasteiger partial charge in [0.25, 0.3) is 11.8 Å². The van der Waals surface area contributed by atoms with Gasteiger partial charge in [-0.15, -0.1) is 0 Å². The van der Waals surface area contributed by atoms with Crippen LogP contribution in [-0.2, 0) is 16.1 Å². The van der Waals surface area contributed by atoms with E-state index in [9.17, 15) is 9.59 Å². The molecular weight excluding hydrogens is 416 g/mol. The van der Waals surface area contributed by atoms with Gasteiger partial charge in [0.1, 0.15) is 17.2 Å². The number of hydrogen-bond donors (Lipinski definition) is 0. The van der Waals surface area contributed by atoms with E-state index in [0.717, 1.165) is 5.56 Å². The molecule has 0 aliphatic carbocycles. The normalized spacial score (nSPS) is 13.5. The third-order valence-electron chi connectivity index (χ3n) is 5.47. The van der Waals surface area contributed by atoms with E-state index >= 15 is 0 Å². The number of para-hydroxylation sites is 1. The van der Waals surface area contributed by atoms with Crippen LogP contribution >= 0.6 is 0 Å². The maximum Gasteiger partial charge on any atom is 0.282 e. The van der Waals surface area contributed by atoms with E-state index in [-0.39, 0.29) is 5.91 Å². The van der Waals surface area contributed by atoms with Crippen molar-refractivity contribution in [1.82, 2.24) is 4.90 Å². The summed E-state index contributed by atoms with van der Waals surface area (Å²) in [5.41, 5.74) is 2.72. The van der Waals surface area contributed by atoms with Crippen molar-refractivity contribution < 1.29 is 19.1 Å². The number of nitrogens with zero attached hydrogens (tertiary/aromatic N) is 2. The van der Waals surface area contributed by atoms with Gasteiger partial charge in [-0.25, -0.2) is 4.90 Å². The summed E-state index contributed by atoms with van der Waals surface area (Å²) < 4.78 is 11.1. The highest BCUT2D eigenvalue weighted by atomic mass is 16.5. The predicted octanol–water partition coefficient (Wildman–Crippen LogP) is 4.51. The fourth-order valence-corrected chi connectivity index (χ4v) is 4.02. The Labute approximate surface area is 193 Å². The summed E-state index contributed by atoms with van der Waals surface area (Å²) in [5, 5.41) is 0. The summed E-state index contributed by atoms with van der Waals surface area (Å²) in [6.07, 6.45) is 0. The Morgan fingerprint density at radius 1 is 0.879 bits per heavy atom. The van der Waals surface area contributed by atoms with Gasteiger partial charge in [0.2, 0.25) is 0 Å². The molecule has 0 atom stereocenters. The SMILES string of the molecule is CCOc1cccc(N2C(=O)C(c3ccccc3OC)=C(N(C)Cc3ccccc3)C2=O)c1. The lowest BCUT2D eigenvalue weighted by molar-refractivity contribution is -0.120. The Morgan fingerprint density at radius 3 is 2.33 bits per heavy atom. The average molecular weight is 443 g/mol. The second kappa shape index (κ2) is 9.61. The summed E-state index contributed by atoms with van der Waals surface area (Å²) >= 11 is 0. The van der Waals surface area contributed by atoms with Crippen LogP contribution in [0.5, 0.6) is 11.5 Å². The Kier molecular flexibility index (Phi) is 6.45. The second-order valence-corrected chi connectivity index (χ2v) is 7.64. The first-order valence-electron chi connectivity index (χ1n) is 10.8. The second-order valence-electron chi connectivity index (χ2n) is 7.64. The summed E-state index contributed by atoms with van der Waals surface area (Å²) in [6, 6.07) is 24.1. The fraction of sp³-hybridized carbons (Fsp3) is 0.185. The smallest absolute Gasteiger partial charge is 0.282 e. The summed E-state index contributed by atoms with van der Waals surface area (Å²) in [6.45, 7) is 2.85. The fourth-order valence-electron chi connectivity index (χ4n) is 4.02. The minimum Gasteiger partial charge on any atom is -0.496 e. The molecule has 0 fully saturated rings. The van der Waals surface area contributed by atoms with Crippen molar-refractivity contribution in [1.29, 1.82) is 0 Å². The molecule has 6 nitrogen and oxygen atoms in total. The third kappa shape index (κ3) is 4.32. The van der Waals surface area contributed by atoms with Crippen LogP contribution in [-0.4, -0.2) is 37.5 Å². The number of amides is 2. The molecule has 0 saturated carbocycles. The van der Waals surface area contributed by atoms with E-state index in [1.807, 2.05) is 61.3 Å².